The van der Waals surface area contributed by atoms with Gasteiger partial charge >= 0.3 is 0 Å². The van der Waals surface area contributed by atoms with Crippen molar-refractivity contribution in [1.29, 1.82) is 0 Å². The van der Waals surface area contributed by atoms with Gasteiger partial charge in [0.25, 0.3) is 0 Å². The van der Waals surface area contributed by atoms with Crippen LogP contribution in [0.2, 0.25) is 0 Å². The minimum absolute atomic E-state index is 0.180. The van der Waals surface area contributed by atoms with E-state index in [1.54, 1.807) is 14.2 Å². The van der Waals surface area contributed by atoms with Gasteiger partial charge in [0, 0.05) is 37.1 Å². The van der Waals surface area contributed by atoms with Crippen LogP contribution in [0, 0.1) is 0 Å². The highest BCUT2D eigenvalue weighted by Crippen LogP contribution is 2.60. The van der Waals surface area contributed by atoms with Gasteiger partial charge in [0.05, 0.1) is 7.11 Å². The molecular weight excluding hydrogens is 306 g/mol. The van der Waals surface area contributed by atoms with Crippen LogP contribution in [0.25, 0.3) is 0 Å². The summed E-state index contributed by atoms with van der Waals surface area (Å²) in [6.45, 7) is 1.01. The maximum absolute atomic E-state index is 12.2. The summed E-state index contributed by atoms with van der Waals surface area (Å²) in [6.07, 6.45) is 3.49. The number of aromatic hydroxyl groups is 1. The van der Waals surface area contributed by atoms with Crippen LogP contribution in [0.1, 0.15) is 48.4 Å². The number of hydrogen-bond donors (Lipinski definition) is 1. The topological polar surface area (TPSA) is 59.0 Å². The Kier molecular flexibility index (Phi) is 3.62. The number of fused-ring (bicyclic) bond motifs is 1. The molecule has 5 heteroatoms. The number of carbonyl (C=O) groups is 1. The summed E-state index contributed by atoms with van der Waals surface area (Å²) in [7, 11) is 5.36. The maximum Gasteiger partial charge on any atom is 0.161 e. The molecule has 4 rings (SSSR count). The average molecular weight is 331 g/mol. The molecule has 1 aromatic carbocycles. The predicted molar refractivity (Wildman–Crippen MR) is 89.7 cm³/mol. The van der Waals surface area contributed by atoms with Crippen LogP contribution in [0.3, 0.4) is 0 Å². The fourth-order valence-electron chi connectivity index (χ4n) is 5.12. The molecule has 5 nitrogen and oxygen atoms in total. The molecule has 2 aliphatic carbocycles. The number of ether oxygens (including phenoxy) is 2. The zero-order valence-electron chi connectivity index (χ0n) is 14.6. The van der Waals surface area contributed by atoms with Crippen LogP contribution in [-0.4, -0.2) is 49.7 Å². The maximum atomic E-state index is 12.2. The summed E-state index contributed by atoms with van der Waals surface area (Å²) in [5.74, 6) is 0.997. The molecule has 3 aliphatic rings. The molecule has 3 unspecified atom stereocenters. The van der Waals surface area contributed by atoms with Crippen molar-refractivity contribution in [3.05, 3.63) is 22.8 Å². The second-order valence-corrected chi connectivity index (χ2v) is 7.50. The summed E-state index contributed by atoms with van der Waals surface area (Å²) in [5.41, 5.74) is 3.38. The molecule has 130 valence electrons. The first-order chi connectivity index (χ1) is 11.5. The van der Waals surface area contributed by atoms with Crippen molar-refractivity contribution in [2.75, 3.05) is 27.8 Å². The number of rotatable bonds is 2. The molecule has 0 amide bonds. The monoisotopic (exact) mass is 331 g/mol. The zero-order chi connectivity index (χ0) is 17.1. The Morgan fingerprint density at radius 1 is 1.29 bits per heavy atom. The van der Waals surface area contributed by atoms with Gasteiger partial charge in [0.15, 0.2) is 17.3 Å². The lowest BCUT2D eigenvalue weighted by molar-refractivity contribution is -0.133. The van der Waals surface area contributed by atoms with E-state index in [4.69, 9.17) is 9.47 Å². The molecule has 0 bridgehead atoms. The number of carbonyl (C=O) groups excluding carboxylic acids is 1. The fraction of sp³-hybridized carbons (Fsp3) is 0.632. The first-order valence-corrected chi connectivity index (χ1v) is 8.69. The standard InChI is InChI=1S/C19H25NO4/c1-20-7-5-11-8-14(23-2)18(22)17-16(11)12(20)9-19(17)6-4-13(21)15(10-19)24-3/h8,12,15,22H,4-7,9-10H2,1-3H3. The second-order valence-electron chi connectivity index (χ2n) is 7.50. The summed E-state index contributed by atoms with van der Waals surface area (Å²) in [6, 6.07) is 2.31. The molecular formula is C19H25NO4. The van der Waals surface area contributed by atoms with E-state index in [0.717, 1.165) is 31.4 Å². The molecule has 24 heavy (non-hydrogen) atoms. The number of ketones is 1. The van der Waals surface area contributed by atoms with Gasteiger partial charge < -0.3 is 14.6 Å². The molecule has 0 radical (unpaired) electrons. The van der Waals surface area contributed by atoms with Crippen LogP contribution < -0.4 is 4.74 Å². The first kappa shape index (κ1) is 15.9. The Bertz CT molecular complexity index is 701. The molecule has 1 spiro atoms. The van der Waals surface area contributed by atoms with Gasteiger partial charge in [0.2, 0.25) is 0 Å². The highest BCUT2D eigenvalue weighted by Gasteiger charge is 2.53. The number of phenols is 1. The average Bonchev–Trinajstić information content (AvgIpc) is 2.92. The number of likely N-dealkylation sites (N-methyl/N-ethyl adjacent to an activating group) is 1. The molecule has 1 heterocycles. The molecule has 0 aromatic heterocycles. The third kappa shape index (κ3) is 2.04. The molecule has 0 saturated heterocycles. The Morgan fingerprint density at radius 2 is 2.08 bits per heavy atom. The Morgan fingerprint density at radius 3 is 2.79 bits per heavy atom. The van der Waals surface area contributed by atoms with Crippen LogP contribution >= 0.6 is 0 Å². The van der Waals surface area contributed by atoms with Gasteiger partial charge in [-0.1, -0.05) is 0 Å². The summed E-state index contributed by atoms with van der Waals surface area (Å²) in [4.78, 5) is 14.5. The first-order valence-electron chi connectivity index (χ1n) is 8.69. The predicted octanol–water partition coefficient (Wildman–Crippen LogP) is 2.34. The minimum atomic E-state index is -0.370. The number of methoxy groups -OCH3 is 2. The van der Waals surface area contributed by atoms with E-state index < -0.39 is 0 Å². The fourth-order valence-corrected chi connectivity index (χ4v) is 5.12. The molecule has 1 fully saturated rings. The van der Waals surface area contributed by atoms with E-state index in [9.17, 15) is 9.90 Å². The van der Waals surface area contributed by atoms with Gasteiger partial charge in [-0.25, -0.2) is 0 Å². The molecule has 3 atom stereocenters. The molecule has 1 saturated carbocycles. The van der Waals surface area contributed by atoms with Crippen molar-refractivity contribution in [1.82, 2.24) is 4.90 Å². The van der Waals surface area contributed by atoms with Crippen molar-refractivity contribution in [3.8, 4) is 11.5 Å². The van der Waals surface area contributed by atoms with E-state index in [2.05, 4.69) is 11.9 Å². The largest absolute Gasteiger partial charge is 0.504 e. The number of hydrogen-bond acceptors (Lipinski definition) is 5. The van der Waals surface area contributed by atoms with Gasteiger partial charge in [-0.3, -0.25) is 9.69 Å². The van der Waals surface area contributed by atoms with Crippen LogP contribution in [0.15, 0.2) is 6.07 Å². The van der Waals surface area contributed by atoms with E-state index in [-0.39, 0.29) is 23.1 Å². The van der Waals surface area contributed by atoms with Gasteiger partial charge in [-0.15, -0.1) is 0 Å². The normalized spacial score (nSPS) is 32.2. The summed E-state index contributed by atoms with van der Waals surface area (Å²) >= 11 is 0. The van der Waals surface area contributed by atoms with Crippen molar-refractivity contribution in [3.63, 3.8) is 0 Å². The van der Waals surface area contributed by atoms with Crippen LogP contribution in [0.4, 0.5) is 0 Å². The quantitative estimate of drug-likeness (QED) is 0.901. The van der Waals surface area contributed by atoms with Crippen molar-refractivity contribution < 1.29 is 19.4 Å². The van der Waals surface area contributed by atoms with Gasteiger partial charge in [0.1, 0.15) is 6.10 Å². The van der Waals surface area contributed by atoms with Crippen LogP contribution in [0.5, 0.6) is 11.5 Å². The van der Waals surface area contributed by atoms with E-state index in [1.807, 2.05) is 6.07 Å². The lowest BCUT2D eigenvalue weighted by Crippen LogP contribution is -2.40. The Balaban J connectivity index is 1.90. The molecule has 1 N–H and O–H groups in total. The number of benzene rings is 1. The SMILES string of the molecule is COc1cc2c3c(c1O)C1(CCC(=O)C(OC)C1)CC3N(C)CC2. The number of phenolic OH excluding ortho intramolecular Hbond substituents is 1. The van der Waals surface area contributed by atoms with Gasteiger partial charge in [-0.2, -0.15) is 0 Å². The van der Waals surface area contributed by atoms with Crippen LogP contribution in [-0.2, 0) is 21.4 Å². The van der Waals surface area contributed by atoms with E-state index in [1.165, 1.54) is 11.1 Å². The van der Waals surface area contributed by atoms with Crippen molar-refractivity contribution in [2.24, 2.45) is 0 Å². The highest BCUT2D eigenvalue weighted by atomic mass is 16.5. The number of nitrogens with zero attached hydrogens (tertiary/aromatic N) is 1. The third-order valence-electron chi connectivity index (χ3n) is 6.39. The minimum Gasteiger partial charge on any atom is -0.504 e. The number of Topliss-reactive ketones (excluding diaryl/α,β-unsaturated/α-hetero) is 1. The lowest BCUT2D eigenvalue weighted by Gasteiger charge is -2.38. The second kappa shape index (κ2) is 5.46. The Hall–Kier alpha value is -1.59. The van der Waals surface area contributed by atoms with E-state index in [0.29, 0.717) is 24.6 Å². The van der Waals surface area contributed by atoms with Crippen molar-refractivity contribution in [2.45, 2.75) is 49.7 Å². The molecule has 1 aromatic rings. The Labute approximate surface area is 142 Å². The third-order valence-corrected chi connectivity index (χ3v) is 6.39. The zero-order valence-corrected chi connectivity index (χ0v) is 14.6. The van der Waals surface area contributed by atoms with Gasteiger partial charge in [-0.05, 0) is 49.9 Å². The molecule has 1 aliphatic heterocycles. The lowest BCUT2D eigenvalue weighted by atomic mass is 9.68. The van der Waals surface area contributed by atoms with E-state index >= 15 is 0 Å². The smallest absolute Gasteiger partial charge is 0.161 e. The summed E-state index contributed by atoms with van der Waals surface area (Å²) < 4.78 is 10.9. The highest BCUT2D eigenvalue weighted by molar-refractivity contribution is 5.85. The summed E-state index contributed by atoms with van der Waals surface area (Å²) in [5, 5.41) is 10.9. The van der Waals surface area contributed by atoms with Crippen molar-refractivity contribution >= 4 is 5.78 Å².